The fraction of sp³-hybridized carbons (Fsp3) is 0.316. The molecule has 1 amide bonds. The Labute approximate surface area is 142 Å². The summed E-state index contributed by atoms with van der Waals surface area (Å²) >= 11 is 1.56. The molecule has 0 spiro atoms. The lowest BCUT2D eigenvalue weighted by Crippen LogP contribution is -2.29. The van der Waals surface area contributed by atoms with E-state index in [9.17, 15) is 4.79 Å². The van der Waals surface area contributed by atoms with Crippen LogP contribution in [0.1, 0.15) is 30.5 Å². The first-order chi connectivity index (χ1) is 11.1. The zero-order valence-electron chi connectivity index (χ0n) is 13.8. The molecule has 0 aliphatic rings. The minimum atomic E-state index is 0.0343. The smallest absolute Gasteiger partial charge is 0.230 e. The van der Waals surface area contributed by atoms with Crippen molar-refractivity contribution in [3.05, 3.63) is 59.7 Å². The summed E-state index contributed by atoms with van der Waals surface area (Å²) in [5, 5.41) is 3.10. The predicted molar refractivity (Wildman–Crippen MR) is 96.1 cm³/mol. The second-order valence-corrected chi connectivity index (χ2v) is 6.45. The zero-order chi connectivity index (χ0) is 16.7. The monoisotopic (exact) mass is 329 g/mol. The first kappa shape index (κ1) is 17.4. The molecule has 0 heterocycles. The second kappa shape index (κ2) is 8.63. The lowest BCUT2D eigenvalue weighted by molar-refractivity contribution is -0.119. The number of aryl methyl sites for hydroxylation is 1. The van der Waals surface area contributed by atoms with Crippen molar-refractivity contribution >= 4 is 17.7 Å². The standard InChI is InChI=1S/C19H23NO2S/c1-4-18(15-7-9-16(22-3)10-8-15)20-19(21)13-23-17-11-5-14(2)6-12-17/h5-12,18H,4,13H2,1-3H3,(H,20,21)/t18-/m1/s1. The molecular formula is C19H23NO2S. The molecule has 0 aromatic heterocycles. The summed E-state index contributed by atoms with van der Waals surface area (Å²) in [5.41, 5.74) is 2.33. The van der Waals surface area contributed by atoms with E-state index >= 15 is 0 Å². The van der Waals surface area contributed by atoms with Gasteiger partial charge in [-0.15, -0.1) is 11.8 Å². The topological polar surface area (TPSA) is 38.3 Å². The van der Waals surface area contributed by atoms with Crippen molar-refractivity contribution in [2.75, 3.05) is 12.9 Å². The predicted octanol–water partition coefficient (Wildman–Crippen LogP) is 4.36. The molecule has 2 aromatic carbocycles. The first-order valence-corrected chi connectivity index (χ1v) is 8.73. The van der Waals surface area contributed by atoms with Crippen LogP contribution in [0.5, 0.6) is 5.75 Å². The highest BCUT2D eigenvalue weighted by Gasteiger charge is 2.13. The molecule has 0 saturated carbocycles. The summed E-state index contributed by atoms with van der Waals surface area (Å²) < 4.78 is 5.17. The van der Waals surface area contributed by atoms with Gasteiger partial charge in [-0.25, -0.2) is 0 Å². The SMILES string of the molecule is CC[C@@H](NC(=O)CSc1ccc(C)cc1)c1ccc(OC)cc1. The van der Waals surface area contributed by atoms with Gasteiger partial charge in [0.05, 0.1) is 18.9 Å². The quantitative estimate of drug-likeness (QED) is 0.767. The van der Waals surface area contributed by atoms with E-state index in [-0.39, 0.29) is 11.9 Å². The summed E-state index contributed by atoms with van der Waals surface area (Å²) in [5.74, 6) is 1.30. The van der Waals surface area contributed by atoms with Gasteiger partial charge in [-0.05, 0) is 43.2 Å². The average Bonchev–Trinajstić information content (AvgIpc) is 2.59. The van der Waals surface area contributed by atoms with E-state index in [1.807, 2.05) is 36.4 Å². The van der Waals surface area contributed by atoms with Gasteiger partial charge in [-0.2, -0.15) is 0 Å². The number of carbonyl (C=O) groups excluding carboxylic acids is 1. The third kappa shape index (κ3) is 5.32. The highest BCUT2D eigenvalue weighted by Crippen LogP contribution is 2.21. The van der Waals surface area contributed by atoms with Crippen LogP contribution in [0.25, 0.3) is 0 Å². The Morgan fingerprint density at radius 1 is 1.13 bits per heavy atom. The Bertz CT molecular complexity index is 623. The van der Waals surface area contributed by atoms with Crippen molar-refractivity contribution in [3.8, 4) is 5.75 Å². The Balaban J connectivity index is 1.89. The van der Waals surface area contributed by atoms with Crippen LogP contribution in [-0.4, -0.2) is 18.8 Å². The summed E-state index contributed by atoms with van der Waals surface area (Å²) in [6.07, 6.45) is 0.854. The van der Waals surface area contributed by atoms with Gasteiger partial charge in [-0.1, -0.05) is 36.8 Å². The van der Waals surface area contributed by atoms with E-state index in [0.717, 1.165) is 22.6 Å². The van der Waals surface area contributed by atoms with E-state index in [1.54, 1.807) is 18.9 Å². The number of amides is 1. The van der Waals surface area contributed by atoms with Crippen molar-refractivity contribution in [1.82, 2.24) is 5.32 Å². The Hall–Kier alpha value is -1.94. The van der Waals surface area contributed by atoms with Gasteiger partial charge in [0, 0.05) is 4.90 Å². The first-order valence-electron chi connectivity index (χ1n) is 7.75. The third-order valence-electron chi connectivity index (χ3n) is 3.65. The Kier molecular flexibility index (Phi) is 6.53. The van der Waals surface area contributed by atoms with Crippen molar-refractivity contribution in [1.29, 1.82) is 0 Å². The molecule has 0 radical (unpaired) electrons. The molecule has 0 aliphatic carbocycles. The van der Waals surface area contributed by atoms with Crippen LogP contribution in [0.3, 0.4) is 0 Å². The number of nitrogens with one attached hydrogen (secondary N) is 1. The van der Waals surface area contributed by atoms with Gasteiger partial charge >= 0.3 is 0 Å². The van der Waals surface area contributed by atoms with Crippen LogP contribution >= 0.6 is 11.8 Å². The molecule has 1 N–H and O–H groups in total. The third-order valence-corrected chi connectivity index (χ3v) is 4.66. The lowest BCUT2D eigenvalue weighted by atomic mass is 10.0. The number of hydrogen-bond acceptors (Lipinski definition) is 3. The maximum absolute atomic E-state index is 12.2. The normalized spacial score (nSPS) is 11.8. The van der Waals surface area contributed by atoms with Gasteiger partial charge in [-0.3, -0.25) is 4.79 Å². The molecule has 0 unspecified atom stereocenters. The van der Waals surface area contributed by atoms with E-state index in [4.69, 9.17) is 4.74 Å². The fourth-order valence-electron chi connectivity index (χ4n) is 2.28. The molecule has 0 fully saturated rings. The number of rotatable bonds is 7. The average molecular weight is 329 g/mol. The van der Waals surface area contributed by atoms with Crippen LogP contribution in [-0.2, 0) is 4.79 Å². The summed E-state index contributed by atoms with van der Waals surface area (Å²) in [6.45, 7) is 4.13. The lowest BCUT2D eigenvalue weighted by Gasteiger charge is -2.17. The van der Waals surface area contributed by atoms with E-state index < -0.39 is 0 Å². The van der Waals surface area contributed by atoms with Gasteiger partial charge in [0.25, 0.3) is 0 Å². The van der Waals surface area contributed by atoms with Gasteiger partial charge < -0.3 is 10.1 Å². The van der Waals surface area contributed by atoms with E-state index in [1.165, 1.54) is 5.56 Å². The zero-order valence-corrected chi connectivity index (χ0v) is 14.7. The molecule has 0 bridgehead atoms. The van der Waals surface area contributed by atoms with Crippen LogP contribution in [0.2, 0.25) is 0 Å². The second-order valence-electron chi connectivity index (χ2n) is 5.40. The fourth-order valence-corrected chi connectivity index (χ4v) is 2.99. The molecule has 122 valence electrons. The summed E-state index contributed by atoms with van der Waals surface area (Å²) in [6, 6.07) is 16.1. The number of carbonyl (C=O) groups is 1. The van der Waals surface area contributed by atoms with Crippen LogP contribution < -0.4 is 10.1 Å². The number of methoxy groups -OCH3 is 1. The maximum Gasteiger partial charge on any atom is 0.230 e. The maximum atomic E-state index is 12.2. The molecule has 2 aromatic rings. The Morgan fingerprint density at radius 2 is 1.78 bits per heavy atom. The van der Waals surface area contributed by atoms with Crippen molar-refractivity contribution < 1.29 is 9.53 Å². The highest BCUT2D eigenvalue weighted by molar-refractivity contribution is 8.00. The van der Waals surface area contributed by atoms with Gasteiger partial charge in [0.15, 0.2) is 0 Å². The molecular weight excluding hydrogens is 306 g/mol. The number of thioether (sulfide) groups is 1. The number of hydrogen-bond donors (Lipinski definition) is 1. The Morgan fingerprint density at radius 3 is 2.35 bits per heavy atom. The van der Waals surface area contributed by atoms with E-state index in [0.29, 0.717) is 5.75 Å². The molecule has 1 atom stereocenters. The van der Waals surface area contributed by atoms with Gasteiger partial charge in [0.1, 0.15) is 5.75 Å². The summed E-state index contributed by atoms with van der Waals surface area (Å²) in [4.78, 5) is 13.3. The minimum absolute atomic E-state index is 0.0343. The van der Waals surface area contributed by atoms with Crippen LogP contribution in [0.15, 0.2) is 53.4 Å². The number of benzene rings is 2. The summed E-state index contributed by atoms with van der Waals surface area (Å²) in [7, 11) is 1.65. The molecule has 4 heteroatoms. The largest absolute Gasteiger partial charge is 0.497 e. The van der Waals surface area contributed by atoms with E-state index in [2.05, 4.69) is 31.3 Å². The van der Waals surface area contributed by atoms with Crippen molar-refractivity contribution in [3.63, 3.8) is 0 Å². The highest BCUT2D eigenvalue weighted by atomic mass is 32.2. The molecule has 0 aliphatic heterocycles. The van der Waals surface area contributed by atoms with Gasteiger partial charge in [0.2, 0.25) is 5.91 Å². The number of ether oxygens (including phenoxy) is 1. The van der Waals surface area contributed by atoms with Crippen LogP contribution in [0.4, 0.5) is 0 Å². The molecule has 3 nitrogen and oxygen atoms in total. The van der Waals surface area contributed by atoms with Crippen molar-refractivity contribution in [2.24, 2.45) is 0 Å². The molecule has 0 saturated heterocycles. The van der Waals surface area contributed by atoms with Crippen LogP contribution in [0, 0.1) is 6.92 Å². The minimum Gasteiger partial charge on any atom is -0.497 e. The molecule has 2 rings (SSSR count). The molecule has 23 heavy (non-hydrogen) atoms. The van der Waals surface area contributed by atoms with Crippen molar-refractivity contribution in [2.45, 2.75) is 31.2 Å².